The monoisotopic (exact) mass is 613 g/mol. The van der Waals surface area contributed by atoms with Gasteiger partial charge in [0.2, 0.25) is 11.8 Å². The average molecular weight is 615 g/mol. The van der Waals surface area contributed by atoms with Crippen molar-refractivity contribution in [1.82, 2.24) is 10.2 Å². The molecule has 0 bridgehead atoms. The molecule has 1 atom stereocenters. The molecular formula is C27H27Cl3FN3O4S. The highest BCUT2D eigenvalue weighted by atomic mass is 35.5. The van der Waals surface area contributed by atoms with Crippen LogP contribution in [0, 0.1) is 5.82 Å². The molecule has 208 valence electrons. The predicted octanol–water partition coefficient (Wildman–Crippen LogP) is 5.92. The van der Waals surface area contributed by atoms with Gasteiger partial charge in [-0.15, -0.1) is 0 Å². The zero-order valence-electron chi connectivity index (χ0n) is 21.4. The second kappa shape index (κ2) is 13.0. The van der Waals surface area contributed by atoms with Gasteiger partial charge in [-0.05, 0) is 68.8 Å². The van der Waals surface area contributed by atoms with Crippen molar-refractivity contribution < 1.29 is 22.4 Å². The van der Waals surface area contributed by atoms with Crippen LogP contribution in [0.1, 0.15) is 26.3 Å². The number of hydrogen-bond donors (Lipinski definition) is 1. The van der Waals surface area contributed by atoms with E-state index in [0.29, 0.717) is 10.6 Å². The second-order valence-electron chi connectivity index (χ2n) is 9.02. The molecule has 0 heterocycles. The van der Waals surface area contributed by atoms with Crippen LogP contribution >= 0.6 is 34.8 Å². The van der Waals surface area contributed by atoms with Gasteiger partial charge >= 0.3 is 0 Å². The molecule has 0 aromatic heterocycles. The normalized spacial score (nSPS) is 12.2. The Morgan fingerprint density at radius 1 is 0.923 bits per heavy atom. The van der Waals surface area contributed by atoms with E-state index in [1.54, 1.807) is 32.0 Å². The average Bonchev–Trinajstić information content (AvgIpc) is 2.88. The third kappa shape index (κ3) is 7.63. The fraction of sp³-hybridized carbons (Fsp3) is 0.259. The largest absolute Gasteiger partial charge is 0.352 e. The molecule has 0 aliphatic rings. The number of hydrogen-bond acceptors (Lipinski definition) is 4. The molecule has 12 heteroatoms. The van der Waals surface area contributed by atoms with Crippen molar-refractivity contribution >= 4 is 62.3 Å². The van der Waals surface area contributed by atoms with Crippen LogP contribution in [0.25, 0.3) is 0 Å². The maximum Gasteiger partial charge on any atom is 0.264 e. The van der Waals surface area contributed by atoms with Gasteiger partial charge in [0.1, 0.15) is 18.4 Å². The lowest BCUT2D eigenvalue weighted by molar-refractivity contribution is -0.139. The number of nitrogens with zero attached hydrogens (tertiary/aromatic N) is 2. The maximum atomic E-state index is 13.9. The number of carbonyl (C=O) groups excluding carboxylic acids is 2. The Hall–Kier alpha value is -2.85. The highest BCUT2D eigenvalue weighted by Gasteiger charge is 2.33. The lowest BCUT2D eigenvalue weighted by atomic mass is 10.1. The fourth-order valence-corrected chi connectivity index (χ4v) is 5.78. The molecule has 0 aliphatic heterocycles. The first-order chi connectivity index (χ1) is 18.3. The molecule has 0 saturated heterocycles. The molecule has 0 saturated carbocycles. The SMILES string of the molecule is CC(C)NC(=O)C(C)N(Cc1ccc(Cl)cc1Cl)C(=O)CN(c1ccc(F)c(Cl)c1)S(=O)(=O)c1ccccc1. The first kappa shape index (κ1) is 30.7. The molecule has 0 aliphatic carbocycles. The number of anilines is 1. The highest BCUT2D eigenvalue weighted by Crippen LogP contribution is 2.29. The third-order valence-electron chi connectivity index (χ3n) is 5.76. The number of amides is 2. The van der Waals surface area contributed by atoms with Gasteiger partial charge in [0.15, 0.2) is 0 Å². The van der Waals surface area contributed by atoms with Gasteiger partial charge in [-0.1, -0.05) is 59.1 Å². The maximum absolute atomic E-state index is 13.9. The van der Waals surface area contributed by atoms with Crippen molar-refractivity contribution in [3.63, 3.8) is 0 Å². The van der Waals surface area contributed by atoms with E-state index >= 15 is 0 Å². The van der Waals surface area contributed by atoms with E-state index in [0.717, 1.165) is 16.4 Å². The summed E-state index contributed by atoms with van der Waals surface area (Å²) in [4.78, 5) is 27.9. The summed E-state index contributed by atoms with van der Waals surface area (Å²) in [6, 6.07) is 14.4. The summed E-state index contributed by atoms with van der Waals surface area (Å²) in [6.07, 6.45) is 0. The molecule has 1 unspecified atom stereocenters. The van der Waals surface area contributed by atoms with E-state index < -0.39 is 40.2 Å². The van der Waals surface area contributed by atoms with E-state index in [9.17, 15) is 22.4 Å². The van der Waals surface area contributed by atoms with Crippen molar-refractivity contribution in [1.29, 1.82) is 0 Å². The van der Waals surface area contributed by atoms with Gasteiger partial charge in [0.25, 0.3) is 10.0 Å². The van der Waals surface area contributed by atoms with E-state index in [4.69, 9.17) is 34.8 Å². The molecule has 7 nitrogen and oxygen atoms in total. The van der Waals surface area contributed by atoms with Crippen LogP contribution in [0.15, 0.2) is 71.6 Å². The van der Waals surface area contributed by atoms with Crippen LogP contribution in [-0.2, 0) is 26.2 Å². The molecule has 0 fully saturated rings. The summed E-state index contributed by atoms with van der Waals surface area (Å²) in [7, 11) is -4.30. The number of rotatable bonds is 10. The van der Waals surface area contributed by atoms with Gasteiger partial charge < -0.3 is 10.2 Å². The van der Waals surface area contributed by atoms with Gasteiger partial charge in [-0.3, -0.25) is 13.9 Å². The van der Waals surface area contributed by atoms with E-state index in [2.05, 4.69) is 5.32 Å². The number of halogens is 4. The molecule has 39 heavy (non-hydrogen) atoms. The van der Waals surface area contributed by atoms with Crippen molar-refractivity contribution in [2.24, 2.45) is 0 Å². The molecule has 1 N–H and O–H groups in total. The van der Waals surface area contributed by atoms with Gasteiger partial charge in [0, 0.05) is 22.6 Å². The minimum atomic E-state index is -4.30. The molecule has 3 rings (SSSR count). The van der Waals surface area contributed by atoms with E-state index in [1.807, 2.05) is 0 Å². The van der Waals surface area contributed by atoms with Crippen LogP contribution in [-0.4, -0.2) is 43.8 Å². The molecule has 0 radical (unpaired) electrons. The standard InChI is InChI=1S/C27H27Cl3FN3O4S/c1-17(2)32-27(36)18(3)33(15-19-9-10-20(28)13-23(19)29)26(35)16-34(21-11-12-25(31)24(30)14-21)39(37,38)22-7-5-4-6-8-22/h4-14,17-18H,15-16H2,1-3H3,(H,32,36). The summed E-state index contributed by atoms with van der Waals surface area (Å²) < 4.78 is 42.2. The zero-order valence-corrected chi connectivity index (χ0v) is 24.5. The van der Waals surface area contributed by atoms with Gasteiger partial charge in [0.05, 0.1) is 15.6 Å². The summed E-state index contributed by atoms with van der Waals surface area (Å²) in [5.74, 6) is -1.89. The smallest absolute Gasteiger partial charge is 0.264 e. The topological polar surface area (TPSA) is 86.8 Å². The number of sulfonamides is 1. The van der Waals surface area contributed by atoms with Crippen LogP contribution in [0.3, 0.4) is 0 Å². The molecule has 2 amide bonds. The Bertz CT molecular complexity index is 1460. The van der Waals surface area contributed by atoms with E-state index in [-0.39, 0.29) is 33.2 Å². The van der Waals surface area contributed by atoms with Crippen molar-refractivity contribution in [3.05, 3.63) is 93.2 Å². The predicted molar refractivity (Wildman–Crippen MR) is 152 cm³/mol. The lowest BCUT2D eigenvalue weighted by Gasteiger charge is -2.32. The Balaban J connectivity index is 2.07. The minimum absolute atomic E-state index is 0.0256. The van der Waals surface area contributed by atoms with Crippen molar-refractivity contribution in [2.75, 3.05) is 10.8 Å². The Morgan fingerprint density at radius 3 is 2.18 bits per heavy atom. The number of nitrogens with one attached hydrogen (secondary N) is 1. The summed E-state index contributed by atoms with van der Waals surface area (Å²) >= 11 is 18.3. The third-order valence-corrected chi connectivity index (χ3v) is 8.42. The Labute approximate surface area is 242 Å². The number of carbonyl (C=O) groups is 2. The number of benzene rings is 3. The van der Waals surface area contributed by atoms with Crippen molar-refractivity contribution in [2.45, 2.75) is 44.3 Å². The first-order valence-electron chi connectivity index (χ1n) is 11.9. The zero-order chi connectivity index (χ0) is 28.9. The summed E-state index contributed by atoms with van der Waals surface area (Å²) in [6.45, 7) is 4.28. The lowest BCUT2D eigenvalue weighted by Crippen LogP contribution is -2.52. The first-order valence-corrected chi connectivity index (χ1v) is 14.4. The van der Waals surface area contributed by atoms with Crippen LogP contribution in [0.4, 0.5) is 10.1 Å². The van der Waals surface area contributed by atoms with Gasteiger partial charge in [-0.2, -0.15) is 0 Å². The minimum Gasteiger partial charge on any atom is -0.352 e. The fourth-order valence-electron chi connectivity index (χ4n) is 3.71. The molecule has 3 aromatic rings. The van der Waals surface area contributed by atoms with Crippen molar-refractivity contribution in [3.8, 4) is 0 Å². The highest BCUT2D eigenvalue weighted by molar-refractivity contribution is 7.92. The molecular weight excluding hydrogens is 588 g/mol. The summed E-state index contributed by atoms with van der Waals surface area (Å²) in [5.41, 5.74) is 0.475. The Kier molecular flexibility index (Phi) is 10.2. The quantitative estimate of drug-likeness (QED) is 0.307. The van der Waals surface area contributed by atoms with E-state index in [1.165, 1.54) is 48.2 Å². The van der Waals surface area contributed by atoms with Crippen LogP contribution in [0.5, 0.6) is 0 Å². The van der Waals surface area contributed by atoms with Crippen LogP contribution in [0.2, 0.25) is 15.1 Å². The van der Waals surface area contributed by atoms with Gasteiger partial charge in [-0.25, -0.2) is 12.8 Å². The molecule has 3 aromatic carbocycles. The molecule has 0 spiro atoms. The van der Waals surface area contributed by atoms with Crippen LogP contribution < -0.4 is 9.62 Å². The summed E-state index contributed by atoms with van der Waals surface area (Å²) in [5, 5.41) is 3.11. The Morgan fingerprint density at radius 2 is 1.59 bits per heavy atom. The second-order valence-corrected chi connectivity index (χ2v) is 12.1.